The van der Waals surface area contributed by atoms with E-state index < -0.39 is 24.1 Å². The Morgan fingerprint density at radius 3 is 2.38 bits per heavy atom. The summed E-state index contributed by atoms with van der Waals surface area (Å²) in [6.07, 6.45) is 7.97. The summed E-state index contributed by atoms with van der Waals surface area (Å²) in [6, 6.07) is 7.95. The van der Waals surface area contributed by atoms with Crippen molar-refractivity contribution in [3.05, 3.63) is 42.0 Å². The minimum atomic E-state index is -1.96. The second-order valence-electron chi connectivity index (χ2n) is 9.71. The van der Waals surface area contributed by atoms with Gasteiger partial charge in [-0.05, 0) is 56.1 Å². The minimum absolute atomic E-state index is 0.0215. The molecule has 164 valence electrons. The maximum absolute atomic E-state index is 13.6. The Kier molecular flexibility index (Phi) is 8.11. The van der Waals surface area contributed by atoms with Crippen molar-refractivity contribution in [2.75, 3.05) is 0 Å². The summed E-state index contributed by atoms with van der Waals surface area (Å²) in [5, 5.41) is 0.129. The molecule has 4 atom stereocenters. The molecule has 0 amide bonds. The van der Waals surface area contributed by atoms with Crippen LogP contribution in [0.25, 0.3) is 0 Å². The van der Waals surface area contributed by atoms with Crippen molar-refractivity contribution in [3.63, 3.8) is 0 Å². The van der Waals surface area contributed by atoms with Crippen molar-refractivity contribution in [1.82, 2.24) is 0 Å². The first-order chi connectivity index (χ1) is 13.5. The van der Waals surface area contributed by atoms with Gasteiger partial charge in [-0.2, -0.15) is 0 Å². The molecule has 0 spiro atoms. The van der Waals surface area contributed by atoms with Gasteiger partial charge in [0.05, 0.1) is 16.9 Å². The molecular formula is C24H40O3SSi. The lowest BCUT2D eigenvalue weighted by atomic mass is 10.1. The Morgan fingerprint density at radius 2 is 1.86 bits per heavy atom. The number of unbranched alkanes of at least 4 members (excludes halogenated alkanes) is 1. The molecule has 0 aliphatic carbocycles. The molecule has 5 heteroatoms. The van der Waals surface area contributed by atoms with E-state index in [-0.39, 0.29) is 17.2 Å². The van der Waals surface area contributed by atoms with Gasteiger partial charge in [-0.25, -0.2) is 0 Å². The quantitative estimate of drug-likeness (QED) is 0.231. The van der Waals surface area contributed by atoms with Gasteiger partial charge in [0.15, 0.2) is 13.3 Å². The van der Waals surface area contributed by atoms with Crippen molar-refractivity contribution in [3.8, 4) is 0 Å². The van der Waals surface area contributed by atoms with E-state index in [1.807, 2.05) is 37.3 Å². The number of epoxide rings is 1. The van der Waals surface area contributed by atoms with Crippen molar-refractivity contribution in [2.45, 2.75) is 107 Å². The molecule has 0 aromatic heterocycles. The minimum Gasteiger partial charge on any atom is -0.411 e. The van der Waals surface area contributed by atoms with E-state index in [9.17, 15) is 4.21 Å². The first-order valence-electron chi connectivity index (χ1n) is 11.0. The zero-order chi connectivity index (χ0) is 21.9. The van der Waals surface area contributed by atoms with Crippen LogP contribution in [-0.4, -0.2) is 29.7 Å². The first-order valence-corrected chi connectivity index (χ1v) is 15.1. The topological polar surface area (TPSA) is 38.8 Å². The van der Waals surface area contributed by atoms with E-state index in [4.69, 9.17) is 9.16 Å². The van der Waals surface area contributed by atoms with Gasteiger partial charge < -0.3 is 9.16 Å². The summed E-state index contributed by atoms with van der Waals surface area (Å²) >= 11 is 0. The molecule has 1 unspecified atom stereocenters. The molecule has 1 aliphatic rings. The molecule has 1 aromatic rings. The number of hydrogen-bond acceptors (Lipinski definition) is 3. The molecule has 1 saturated heterocycles. The maximum atomic E-state index is 13.6. The number of benzene rings is 1. The van der Waals surface area contributed by atoms with Gasteiger partial charge in [0, 0.05) is 4.90 Å². The van der Waals surface area contributed by atoms with Crippen molar-refractivity contribution < 1.29 is 13.4 Å². The third-order valence-corrected chi connectivity index (χ3v) is 12.4. The summed E-state index contributed by atoms with van der Waals surface area (Å²) in [4.78, 5) is 0.0480. The fourth-order valence-electron chi connectivity index (χ4n) is 3.21. The predicted molar refractivity (Wildman–Crippen MR) is 126 cm³/mol. The third kappa shape index (κ3) is 5.69. The standard InChI is InChI=1S/C24H40O3SSi/c1-9-11-13-21(27-29(7,8)23(4,5)6)22-24(26-22,18-12-10-2)28(25)20-16-14-19(3)15-17-20/h12,14-18,21-22H,9-11,13H2,1-8H3/b18-12+/t21-,22-,24-,28?/m1/s1. The summed E-state index contributed by atoms with van der Waals surface area (Å²) < 4.78 is 26.7. The molecule has 0 radical (unpaired) electrons. The molecule has 0 bridgehead atoms. The van der Waals surface area contributed by atoms with Crippen LogP contribution in [0.4, 0.5) is 0 Å². The van der Waals surface area contributed by atoms with Crippen LogP contribution in [0.15, 0.2) is 41.3 Å². The molecular weight excluding hydrogens is 396 g/mol. The van der Waals surface area contributed by atoms with Crippen LogP contribution in [0.1, 0.15) is 65.9 Å². The molecule has 1 aromatic carbocycles. The van der Waals surface area contributed by atoms with Crippen molar-refractivity contribution in [2.24, 2.45) is 0 Å². The van der Waals surface area contributed by atoms with Crippen LogP contribution in [0, 0.1) is 6.92 Å². The van der Waals surface area contributed by atoms with Crippen LogP contribution >= 0.6 is 0 Å². The van der Waals surface area contributed by atoms with Gasteiger partial charge in [0.25, 0.3) is 0 Å². The van der Waals surface area contributed by atoms with E-state index in [0.717, 1.165) is 30.6 Å². The second-order valence-corrected chi connectivity index (χ2v) is 16.1. The number of rotatable bonds is 10. The lowest BCUT2D eigenvalue weighted by Gasteiger charge is -2.39. The normalized spacial score (nSPS) is 24.6. The van der Waals surface area contributed by atoms with Crippen LogP contribution in [-0.2, 0) is 20.0 Å². The number of ether oxygens (including phenoxy) is 1. The van der Waals surface area contributed by atoms with E-state index >= 15 is 0 Å². The predicted octanol–water partition coefficient (Wildman–Crippen LogP) is 6.74. The SMILES string of the molecule is CC/C=C/[C@]1(S(=O)c2ccc(C)cc2)O[C@@H]1[C@@H](CCCC)O[Si](C)(C)C(C)(C)C. The zero-order valence-corrected chi connectivity index (χ0v) is 21.4. The van der Waals surface area contributed by atoms with Crippen LogP contribution in [0.3, 0.4) is 0 Å². The third-order valence-electron chi connectivity index (χ3n) is 6.19. The van der Waals surface area contributed by atoms with Crippen molar-refractivity contribution >= 4 is 19.1 Å². The van der Waals surface area contributed by atoms with Crippen LogP contribution < -0.4 is 0 Å². The summed E-state index contributed by atoms with van der Waals surface area (Å²) in [5.74, 6) is 0. The number of allylic oxidation sites excluding steroid dienone is 1. The highest BCUT2D eigenvalue weighted by molar-refractivity contribution is 7.86. The maximum Gasteiger partial charge on any atom is 0.194 e. The number of hydrogen-bond donors (Lipinski definition) is 0. The van der Waals surface area contributed by atoms with E-state index in [1.54, 1.807) is 0 Å². The fourth-order valence-corrected chi connectivity index (χ4v) is 6.08. The monoisotopic (exact) mass is 436 g/mol. The fraction of sp³-hybridized carbons (Fsp3) is 0.667. The van der Waals surface area contributed by atoms with E-state index in [1.165, 1.54) is 5.56 Å². The molecule has 3 nitrogen and oxygen atoms in total. The summed E-state index contributed by atoms with van der Waals surface area (Å²) in [6.45, 7) is 17.7. The van der Waals surface area contributed by atoms with Crippen LogP contribution in [0.5, 0.6) is 0 Å². The highest BCUT2D eigenvalue weighted by Crippen LogP contribution is 2.49. The molecule has 1 heterocycles. The van der Waals surface area contributed by atoms with Gasteiger partial charge in [0.1, 0.15) is 6.10 Å². The lowest BCUT2D eigenvalue weighted by molar-refractivity contribution is 0.131. The van der Waals surface area contributed by atoms with Gasteiger partial charge in [-0.3, -0.25) is 4.21 Å². The summed E-state index contributed by atoms with van der Waals surface area (Å²) in [5.41, 5.74) is 1.17. The molecule has 2 rings (SSSR count). The summed E-state index contributed by atoms with van der Waals surface area (Å²) in [7, 11) is -3.23. The van der Waals surface area contributed by atoms with Gasteiger partial charge in [0.2, 0.25) is 0 Å². The largest absolute Gasteiger partial charge is 0.411 e. The van der Waals surface area contributed by atoms with Crippen LogP contribution in [0.2, 0.25) is 18.1 Å². The average Bonchev–Trinajstić information content (AvgIpc) is 3.38. The highest BCUT2D eigenvalue weighted by Gasteiger charge is 2.64. The zero-order valence-electron chi connectivity index (χ0n) is 19.6. The van der Waals surface area contributed by atoms with E-state index in [0.29, 0.717) is 0 Å². The first kappa shape index (κ1) is 24.5. The smallest absolute Gasteiger partial charge is 0.194 e. The Morgan fingerprint density at radius 1 is 1.24 bits per heavy atom. The Bertz CT molecular complexity index is 721. The van der Waals surface area contributed by atoms with E-state index in [2.05, 4.69) is 53.8 Å². The average molecular weight is 437 g/mol. The highest BCUT2D eigenvalue weighted by atomic mass is 32.2. The Hall–Kier alpha value is -0.753. The molecule has 1 fully saturated rings. The van der Waals surface area contributed by atoms with Gasteiger partial charge in [-0.1, -0.05) is 71.2 Å². The van der Waals surface area contributed by atoms with Gasteiger partial charge >= 0.3 is 0 Å². The Balaban J connectivity index is 2.33. The Labute approximate surface area is 181 Å². The molecule has 29 heavy (non-hydrogen) atoms. The number of aryl methyl sites for hydroxylation is 1. The molecule has 0 N–H and O–H groups in total. The molecule has 0 saturated carbocycles. The molecule has 1 aliphatic heterocycles. The van der Waals surface area contributed by atoms with Crippen molar-refractivity contribution in [1.29, 1.82) is 0 Å². The second kappa shape index (κ2) is 9.59. The van der Waals surface area contributed by atoms with Gasteiger partial charge in [-0.15, -0.1) is 0 Å². The lowest BCUT2D eigenvalue weighted by Crippen LogP contribution is -2.46.